The maximum Gasteiger partial charge on any atom is 0.240 e. The SMILES string of the molecule is CN(Cc1nc(C2CC2)no1)Cc1nc2c(s1)CCCC2. The number of nitrogens with zero attached hydrogens (tertiary/aromatic N) is 4. The fourth-order valence-corrected chi connectivity index (χ4v) is 4.07. The normalized spacial score (nSPS) is 18.2. The summed E-state index contributed by atoms with van der Waals surface area (Å²) in [6, 6.07) is 0. The Morgan fingerprint density at radius 3 is 2.86 bits per heavy atom. The van der Waals surface area contributed by atoms with Crippen molar-refractivity contribution in [3.8, 4) is 0 Å². The van der Waals surface area contributed by atoms with E-state index in [2.05, 4.69) is 22.1 Å². The first-order valence-corrected chi connectivity index (χ1v) is 8.58. The second-order valence-electron chi connectivity index (χ2n) is 6.18. The topological polar surface area (TPSA) is 55.1 Å². The molecule has 0 radical (unpaired) electrons. The Balaban J connectivity index is 1.38. The molecule has 0 unspecified atom stereocenters. The fourth-order valence-electron chi connectivity index (χ4n) is 2.83. The van der Waals surface area contributed by atoms with E-state index in [4.69, 9.17) is 9.51 Å². The minimum absolute atomic E-state index is 0.554. The predicted octanol–water partition coefficient (Wildman–Crippen LogP) is 2.91. The zero-order chi connectivity index (χ0) is 14.2. The molecule has 2 aliphatic rings. The van der Waals surface area contributed by atoms with Crippen LogP contribution in [0.15, 0.2) is 4.52 Å². The summed E-state index contributed by atoms with van der Waals surface area (Å²) in [5, 5.41) is 5.28. The van der Waals surface area contributed by atoms with Crippen LogP contribution in [0.2, 0.25) is 0 Å². The second kappa shape index (κ2) is 5.50. The summed E-state index contributed by atoms with van der Waals surface area (Å²) in [6.07, 6.45) is 7.39. The van der Waals surface area contributed by atoms with E-state index in [1.807, 2.05) is 11.3 Å². The van der Waals surface area contributed by atoms with Crippen molar-refractivity contribution in [3.63, 3.8) is 0 Å². The number of hydrogen-bond acceptors (Lipinski definition) is 6. The van der Waals surface area contributed by atoms with Gasteiger partial charge in [0.25, 0.3) is 0 Å². The van der Waals surface area contributed by atoms with Crippen LogP contribution in [0.4, 0.5) is 0 Å². The minimum atomic E-state index is 0.554. The van der Waals surface area contributed by atoms with Gasteiger partial charge < -0.3 is 4.52 Å². The van der Waals surface area contributed by atoms with Gasteiger partial charge in [-0.1, -0.05) is 5.16 Å². The molecule has 6 heteroatoms. The molecule has 0 saturated heterocycles. The predicted molar refractivity (Wildman–Crippen MR) is 80.2 cm³/mol. The highest BCUT2D eigenvalue weighted by atomic mass is 32.1. The summed E-state index contributed by atoms with van der Waals surface area (Å²) < 4.78 is 5.34. The average molecular weight is 304 g/mol. The zero-order valence-electron chi connectivity index (χ0n) is 12.3. The molecule has 2 heterocycles. The summed E-state index contributed by atoms with van der Waals surface area (Å²) in [7, 11) is 2.08. The van der Waals surface area contributed by atoms with E-state index >= 15 is 0 Å². The first-order valence-electron chi connectivity index (χ1n) is 7.76. The molecule has 0 bridgehead atoms. The number of aromatic nitrogens is 3. The lowest BCUT2D eigenvalue weighted by atomic mass is 10.0. The third-order valence-corrected chi connectivity index (χ3v) is 5.27. The fraction of sp³-hybridized carbons (Fsp3) is 0.667. The van der Waals surface area contributed by atoms with Crippen molar-refractivity contribution in [2.24, 2.45) is 0 Å². The molecule has 1 saturated carbocycles. The van der Waals surface area contributed by atoms with Crippen LogP contribution in [0.1, 0.15) is 58.9 Å². The van der Waals surface area contributed by atoms with E-state index in [0.29, 0.717) is 12.5 Å². The van der Waals surface area contributed by atoms with Gasteiger partial charge in [0.15, 0.2) is 5.82 Å². The van der Waals surface area contributed by atoms with Crippen LogP contribution < -0.4 is 0 Å². The quantitative estimate of drug-likeness (QED) is 0.850. The van der Waals surface area contributed by atoms with Crippen LogP contribution in [0, 0.1) is 0 Å². The summed E-state index contributed by atoms with van der Waals surface area (Å²) >= 11 is 1.87. The highest BCUT2D eigenvalue weighted by Gasteiger charge is 2.28. The average Bonchev–Trinajstić information content (AvgIpc) is 3.08. The molecule has 21 heavy (non-hydrogen) atoms. The molecule has 2 aromatic rings. The summed E-state index contributed by atoms with van der Waals surface area (Å²) in [6.45, 7) is 1.56. The van der Waals surface area contributed by atoms with E-state index in [-0.39, 0.29) is 0 Å². The molecule has 1 fully saturated rings. The van der Waals surface area contributed by atoms with Gasteiger partial charge in [-0.25, -0.2) is 4.98 Å². The van der Waals surface area contributed by atoms with Gasteiger partial charge in [0, 0.05) is 10.8 Å². The maximum absolute atomic E-state index is 5.34. The molecule has 0 aliphatic heterocycles. The Kier molecular flexibility index (Phi) is 3.51. The molecule has 5 nitrogen and oxygen atoms in total. The van der Waals surface area contributed by atoms with Crippen molar-refractivity contribution in [3.05, 3.63) is 27.3 Å². The van der Waals surface area contributed by atoms with E-state index in [0.717, 1.165) is 24.7 Å². The van der Waals surface area contributed by atoms with Gasteiger partial charge >= 0.3 is 0 Å². The third kappa shape index (κ3) is 3.01. The van der Waals surface area contributed by atoms with E-state index < -0.39 is 0 Å². The zero-order valence-corrected chi connectivity index (χ0v) is 13.2. The van der Waals surface area contributed by atoms with Crippen molar-refractivity contribution in [2.75, 3.05) is 7.05 Å². The summed E-state index contributed by atoms with van der Waals surface area (Å²) in [5.41, 5.74) is 1.34. The third-order valence-electron chi connectivity index (χ3n) is 4.13. The standard InChI is InChI=1S/C15H20N4OS/c1-19(8-13-17-15(18-20-13)10-6-7-10)9-14-16-11-4-2-3-5-12(11)21-14/h10H,2-9H2,1H3. The Labute approximate surface area is 128 Å². The molecule has 4 rings (SSSR count). The van der Waals surface area contributed by atoms with Crippen molar-refractivity contribution in [2.45, 2.75) is 57.5 Å². The Bertz CT molecular complexity index is 608. The van der Waals surface area contributed by atoms with Crippen LogP contribution >= 0.6 is 11.3 Å². The number of rotatable bonds is 5. The summed E-state index contributed by atoms with van der Waals surface area (Å²) in [4.78, 5) is 13.0. The lowest BCUT2D eigenvalue weighted by Crippen LogP contribution is -2.17. The van der Waals surface area contributed by atoms with E-state index in [9.17, 15) is 0 Å². The highest BCUT2D eigenvalue weighted by molar-refractivity contribution is 7.11. The molecular formula is C15H20N4OS. The number of aryl methyl sites for hydroxylation is 2. The van der Waals surface area contributed by atoms with Crippen LogP contribution in [-0.4, -0.2) is 27.1 Å². The van der Waals surface area contributed by atoms with Crippen LogP contribution in [0.3, 0.4) is 0 Å². The highest BCUT2D eigenvalue weighted by Crippen LogP contribution is 2.38. The monoisotopic (exact) mass is 304 g/mol. The lowest BCUT2D eigenvalue weighted by molar-refractivity contribution is 0.260. The van der Waals surface area contributed by atoms with E-state index in [1.54, 1.807) is 0 Å². The first-order chi connectivity index (χ1) is 10.3. The molecule has 0 spiro atoms. The summed E-state index contributed by atoms with van der Waals surface area (Å²) in [5.74, 6) is 2.17. The molecule has 0 N–H and O–H groups in total. The van der Waals surface area contributed by atoms with Crippen molar-refractivity contribution in [1.29, 1.82) is 0 Å². The Morgan fingerprint density at radius 1 is 1.19 bits per heavy atom. The van der Waals surface area contributed by atoms with Gasteiger partial charge in [0.05, 0.1) is 18.8 Å². The van der Waals surface area contributed by atoms with Gasteiger partial charge in [0.1, 0.15) is 5.01 Å². The van der Waals surface area contributed by atoms with Gasteiger partial charge in [-0.15, -0.1) is 11.3 Å². The Morgan fingerprint density at radius 2 is 2.05 bits per heavy atom. The van der Waals surface area contributed by atoms with Crippen LogP contribution in [0.25, 0.3) is 0 Å². The molecule has 112 valence electrons. The molecule has 2 aliphatic carbocycles. The maximum atomic E-state index is 5.34. The second-order valence-corrected chi connectivity index (χ2v) is 7.35. The number of hydrogen-bond donors (Lipinski definition) is 0. The van der Waals surface area contributed by atoms with Crippen molar-refractivity contribution < 1.29 is 4.52 Å². The minimum Gasteiger partial charge on any atom is -0.338 e. The number of fused-ring (bicyclic) bond motifs is 1. The largest absolute Gasteiger partial charge is 0.338 e. The molecule has 0 aromatic carbocycles. The van der Waals surface area contributed by atoms with Gasteiger partial charge in [0.2, 0.25) is 5.89 Å². The van der Waals surface area contributed by atoms with Crippen molar-refractivity contribution in [1.82, 2.24) is 20.0 Å². The molecule has 2 aromatic heterocycles. The lowest BCUT2D eigenvalue weighted by Gasteiger charge is -2.11. The van der Waals surface area contributed by atoms with Gasteiger partial charge in [-0.2, -0.15) is 4.98 Å². The number of thiazole rings is 1. The first kappa shape index (κ1) is 13.4. The molecule has 0 atom stereocenters. The van der Waals surface area contributed by atoms with Crippen LogP contribution in [-0.2, 0) is 25.9 Å². The molecule has 0 amide bonds. The van der Waals surface area contributed by atoms with Crippen molar-refractivity contribution >= 4 is 11.3 Å². The molecular weight excluding hydrogens is 284 g/mol. The van der Waals surface area contributed by atoms with Crippen LogP contribution in [0.5, 0.6) is 0 Å². The van der Waals surface area contributed by atoms with Gasteiger partial charge in [-0.05, 0) is 45.6 Å². The van der Waals surface area contributed by atoms with E-state index in [1.165, 1.54) is 47.7 Å². The Hall–Kier alpha value is -1.27. The van der Waals surface area contributed by atoms with Gasteiger partial charge in [-0.3, -0.25) is 4.90 Å². The smallest absolute Gasteiger partial charge is 0.240 e.